The number of benzene rings is 3. The van der Waals surface area contributed by atoms with Crippen molar-refractivity contribution in [2.45, 2.75) is 44.0 Å². The number of ether oxygens (including phenoxy) is 3. The third-order valence-electron chi connectivity index (χ3n) is 12.5. The highest BCUT2D eigenvalue weighted by molar-refractivity contribution is 7.93. The number of sulfonamides is 1. The van der Waals surface area contributed by atoms with E-state index in [0.29, 0.717) is 49.2 Å². The molecule has 0 bridgehead atoms. The molecule has 348 valence electrons. The molecule has 9 rings (SSSR count). The van der Waals surface area contributed by atoms with E-state index in [-0.39, 0.29) is 41.3 Å². The topological polar surface area (TPSA) is 211 Å². The summed E-state index contributed by atoms with van der Waals surface area (Å²) in [6.45, 7) is 9.22. The van der Waals surface area contributed by atoms with Crippen LogP contribution < -0.4 is 24.4 Å². The number of anilines is 2. The summed E-state index contributed by atoms with van der Waals surface area (Å²) in [5.74, 6) is -0.101. The lowest BCUT2D eigenvalue weighted by atomic mass is 9.72. The van der Waals surface area contributed by atoms with E-state index in [4.69, 9.17) is 25.8 Å². The number of aromatic nitrogens is 2. The summed E-state index contributed by atoms with van der Waals surface area (Å²) in [6, 6.07) is 18.1. The number of aromatic amines is 1. The minimum Gasteiger partial charge on any atom is -0.489 e. The molecule has 17 nitrogen and oxygen atoms in total. The smallest absolute Gasteiger partial charge is 0.297 e. The summed E-state index contributed by atoms with van der Waals surface area (Å²) >= 11 is 6.25. The number of rotatable bonds is 12. The fraction of sp³-hybridized carbons (Fsp3) is 0.391. The molecule has 3 N–H and O–H groups in total. The number of carbonyl (C=O) groups is 1. The molecule has 4 aliphatic rings. The molecule has 2 saturated heterocycles. The molecule has 66 heavy (non-hydrogen) atoms. The fourth-order valence-corrected chi connectivity index (χ4v) is 11.6. The Morgan fingerprint density at radius 3 is 2.61 bits per heavy atom. The number of allylic oxidation sites excluding steroid dienone is 1. The molecule has 0 radical (unpaired) electrons. The second kappa shape index (κ2) is 18.5. The molecule has 3 aliphatic heterocycles. The Morgan fingerprint density at radius 1 is 1.08 bits per heavy atom. The lowest BCUT2D eigenvalue weighted by Crippen LogP contribution is -2.47. The van der Waals surface area contributed by atoms with Crippen LogP contribution in [0.15, 0.2) is 94.0 Å². The van der Waals surface area contributed by atoms with Crippen LogP contribution in [0.2, 0.25) is 5.02 Å². The van der Waals surface area contributed by atoms with Crippen molar-refractivity contribution in [1.82, 2.24) is 19.6 Å². The maximum atomic E-state index is 14.1. The van der Waals surface area contributed by atoms with E-state index in [1.54, 1.807) is 24.4 Å². The van der Waals surface area contributed by atoms with Crippen molar-refractivity contribution < 1.29 is 36.6 Å². The number of H-pyrrole nitrogens is 1. The van der Waals surface area contributed by atoms with Crippen LogP contribution in [0.1, 0.15) is 49.0 Å². The number of nitro groups is 1. The van der Waals surface area contributed by atoms with Gasteiger partial charge in [-0.2, -0.15) is 0 Å². The zero-order valence-corrected chi connectivity index (χ0v) is 39.0. The molecule has 0 unspecified atom stereocenters. The number of halogens is 1. The van der Waals surface area contributed by atoms with E-state index < -0.39 is 47.2 Å². The van der Waals surface area contributed by atoms with Gasteiger partial charge in [0.15, 0.2) is 11.4 Å². The van der Waals surface area contributed by atoms with Gasteiger partial charge >= 0.3 is 0 Å². The molecule has 2 fully saturated rings. The summed E-state index contributed by atoms with van der Waals surface area (Å²) in [4.78, 5) is 37.2. The van der Waals surface area contributed by atoms with Gasteiger partial charge in [0.25, 0.3) is 21.6 Å². The first-order valence-electron chi connectivity index (χ1n) is 21.8. The summed E-state index contributed by atoms with van der Waals surface area (Å²) in [5, 5.41) is 16.8. The minimum atomic E-state index is -4.71. The van der Waals surface area contributed by atoms with Crippen molar-refractivity contribution in [3.63, 3.8) is 0 Å². The first-order valence-corrected chi connectivity index (χ1v) is 25.6. The van der Waals surface area contributed by atoms with Crippen molar-refractivity contribution in [3.8, 4) is 17.2 Å². The standard InChI is InChI=1S/C46H51ClN8O9S2/c1-46(2)11-9-32(39(25-46)30-3-5-33(47)6-4-30)28-53-13-15-54(16-14-53)35-7-8-38(41(22-35)64-36-21-31-10-12-48-44(31)49-27-36)45(56)52-66(60,61)37-23-40(55(57)58)43-42(24-37)63-29-34(51-43)26-50-65(59)19-17-62-18-20-65/h3-8,10,12,21-24,27,34,51H,9,11,13-20,25-26,28-29H2,1-2H3,(H,48,49)(H,52,56)/t34-/m1/s1. The lowest BCUT2D eigenvalue weighted by Gasteiger charge is -2.39. The van der Waals surface area contributed by atoms with Crippen LogP contribution in [0.4, 0.5) is 17.1 Å². The number of carbonyl (C=O) groups excluding carboxylic acids is 1. The molecule has 3 aromatic carbocycles. The van der Waals surface area contributed by atoms with E-state index in [1.807, 2.05) is 18.2 Å². The highest BCUT2D eigenvalue weighted by Gasteiger charge is 2.33. The Morgan fingerprint density at radius 2 is 1.85 bits per heavy atom. The van der Waals surface area contributed by atoms with Gasteiger partial charge in [0.2, 0.25) is 0 Å². The third-order valence-corrected chi connectivity index (χ3v) is 16.3. The molecule has 0 saturated carbocycles. The Hall–Kier alpha value is -5.73. The van der Waals surface area contributed by atoms with Crippen LogP contribution in [-0.4, -0.2) is 115 Å². The third kappa shape index (κ3) is 10.1. The van der Waals surface area contributed by atoms with Gasteiger partial charge in [0, 0.05) is 73.2 Å². The Kier molecular flexibility index (Phi) is 12.7. The zero-order chi connectivity index (χ0) is 46.2. The van der Waals surface area contributed by atoms with Crippen molar-refractivity contribution in [2.24, 2.45) is 9.78 Å². The number of nitrogens with one attached hydrogen (secondary N) is 3. The molecular formula is C46H51ClN8O9S2. The summed E-state index contributed by atoms with van der Waals surface area (Å²) < 4.78 is 64.8. The first kappa shape index (κ1) is 45.4. The summed E-state index contributed by atoms with van der Waals surface area (Å²) in [5.41, 5.74) is 4.98. The number of hydrogen-bond donors (Lipinski definition) is 3. The van der Waals surface area contributed by atoms with Crippen LogP contribution in [0, 0.1) is 15.5 Å². The summed E-state index contributed by atoms with van der Waals surface area (Å²) in [7, 11) is -7.19. The molecule has 5 heterocycles. The Bertz CT molecular complexity index is 2950. The zero-order valence-electron chi connectivity index (χ0n) is 36.6. The number of piperazine rings is 1. The van der Waals surface area contributed by atoms with Crippen LogP contribution in [-0.2, 0) is 24.5 Å². The quantitative estimate of drug-likeness (QED) is 0.0819. The van der Waals surface area contributed by atoms with Crippen LogP contribution >= 0.6 is 11.6 Å². The number of pyridine rings is 1. The van der Waals surface area contributed by atoms with Gasteiger partial charge < -0.3 is 29.4 Å². The maximum absolute atomic E-state index is 14.1. The molecule has 5 aromatic rings. The second-order valence-electron chi connectivity index (χ2n) is 17.8. The van der Waals surface area contributed by atoms with Gasteiger partial charge in [-0.25, -0.2) is 26.7 Å². The number of amides is 1. The summed E-state index contributed by atoms with van der Waals surface area (Å²) in [6.07, 6.45) is 6.40. The average Bonchev–Trinajstić information content (AvgIpc) is 3.77. The van der Waals surface area contributed by atoms with Crippen LogP contribution in [0.5, 0.6) is 17.2 Å². The van der Waals surface area contributed by atoms with Crippen molar-refractivity contribution in [2.75, 3.05) is 80.8 Å². The molecule has 0 spiro atoms. The van der Waals surface area contributed by atoms with Gasteiger partial charge in [-0.15, -0.1) is 0 Å². The monoisotopic (exact) mass is 958 g/mol. The van der Waals surface area contributed by atoms with E-state index in [1.165, 1.54) is 29.0 Å². The fourth-order valence-electron chi connectivity index (χ4n) is 8.82. The van der Waals surface area contributed by atoms with Gasteiger partial charge in [-0.05, 0) is 72.2 Å². The van der Waals surface area contributed by atoms with Crippen LogP contribution in [0.3, 0.4) is 0 Å². The van der Waals surface area contributed by atoms with E-state index in [0.717, 1.165) is 67.1 Å². The van der Waals surface area contributed by atoms with E-state index in [2.05, 4.69) is 60.1 Å². The maximum Gasteiger partial charge on any atom is 0.297 e. The molecule has 2 aromatic heterocycles. The predicted octanol–water partition coefficient (Wildman–Crippen LogP) is 7.49. The molecule has 20 heteroatoms. The normalized spacial score (nSPS) is 19.6. The van der Waals surface area contributed by atoms with Gasteiger partial charge in [0.1, 0.15) is 23.8 Å². The molecule has 1 amide bonds. The van der Waals surface area contributed by atoms with Crippen LogP contribution in [0.25, 0.3) is 16.6 Å². The minimum absolute atomic E-state index is 0.0249. The number of fused-ring (bicyclic) bond motifs is 2. The van der Waals surface area contributed by atoms with Gasteiger partial charge in [-0.3, -0.25) is 19.8 Å². The molecular weight excluding hydrogens is 908 g/mol. The largest absolute Gasteiger partial charge is 0.489 e. The lowest BCUT2D eigenvalue weighted by molar-refractivity contribution is -0.384. The SMILES string of the molecule is CC1(C)CCC(CN2CCN(c3ccc(C(=O)NS(=O)(=O)c4cc5c(c([N+](=O)[O-])c4)N[C@H](CN=S4(=O)CCOCC4)CO5)c(Oc4cnc5[nH]ccc5c4)c3)CC2)=C(c2ccc(Cl)cc2)C1. The highest BCUT2D eigenvalue weighted by atomic mass is 35.5. The van der Waals surface area contributed by atoms with Crippen molar-refractivity contribution >= 4 is 70.9 Å². The number of nitro benzene ring substituents is 1. The average molecular weight is 960 g/mol. The first-order chi connectivity index (χ1) is 31.6. The van der Waals surface area contributed by atoms with E-state index in [9.17, 15) is 27.5 Å². The highest BCUT2D eigenvalue weighted by Crippen LogP contribution is 2.44. The van der Waals surface area contributed by atoms with Gasteiger partial charge in [-0.1, -0.05) is 43.2 Å². The molecule has 1 aliphatic carbocycles. The second-order valence-corrected chi connectivity index (χ2v) is 22.6. The predicted molar refractivity (Wildman–Crippen MR) is 254 cm³/mol. The molecule has 1 atom stereocenters. The van der Waals surface area contributed by atoms with Gasteiger partial charge in [0.05, 0.1) is 68.6 Å². The van der Waals surface area contributed by atoms with E-state index >= 15 is 0 Å². The number of nitrogens with zero attached hydrogens (tertiary/aromatic N) is 5. The van der Waals surface area contributed by atoms with Crippen molar-refractivity contribution in [3.05, 3.63) is 111 Å². The Labute approximate surface area is 388 Å². The Balaban J connectivity index is 0.937. The van der Waals surface area contributed by atoms with Crippen molar-refractivity contribution in [1.29, 1.82) is 0 Å². The number of hydrogen-bond acceptors (Lipinski definition) is 14.